The molecule has 1 heterocycles. The average Bonchev–Trinajstić information content (AvgIpc) is 3.32. The maximum atomic E-state index is 12.2. The standard InChI is InChI=1S/C21H26N2OS/c1-14-23-20(13-25-14)17-5-2-15(3-6-17)8-9-22-21(24)12-19-11-16-4-7-18(19)10-16/h2-3,5-6,13,16,18-19H,4,7-12H2,1H3,(H,22,24). The highest BCUT2D eigenvalue weighted by atomic mass is 32.1. The fourth-order valence-electron chi connectivity index (χ4n) is 4.62. The average molecular weight is 355 g/mol. The van der Waals surface area contributed by atoms with Crippen LogP contribution in [0, 0.1) is 24.7 Å². The number of aryl methyl sites for hydroxylation is 1. The molecule has 2 bridgehead atoms. The van der Waals surface area contributed by atoms with Crippen LogP contribution in [0.1, 0.15) is 42.7 Å². The summed E-state index contributed by atoms with van der Waals surface area (Å²) in [6.45, 7) is 2.76. The summed E-state index contributed by atoms with van der Waals surface area (Å²) >= 11 is 1.68. The Labute approximate surface area is 153 Å². The number of amides is 1. The minimum Gasteiger partial charge on any atom is -0.356 e. The Kier molecular flexibility index (Phi) is 4.89. The zero-order valence-corrected chi connectivity index (χ0v) is 15.6. The first-order valence-corrected chi connectivity index (χ1v) is 10.3. The first-order valence-electron chi connectivity index (χ1n) is 9.45. The van der Waals surface area contributed by atoms with Gasteiger partial charge in [-0.05, 0) is 55.9 Å². The van der Waals surface area contributed by atoms with E-state index in [1.165, 1.54) is 31.2 Å². The zero-order valence-electron chi connectivity index (χ0n) is 14.8. The van der Waals surface area contributed by atoms with E-state index in [-0.39, 0.29) is 5.91 Å². The number of carbonyl (C=O) groups is 1. The molecule has 2 aromatic rings. The molecule has 0 saturated heterocycles. The van der Waals surface area contributed by atoms with Crippen LogP contribution >= 0.6 is 11.3 Å². The van der Waals surface area contributed by atoms with Gasteiger partial charge in [0.15, 0.2) is 0 Å². The molecule has 4 heteroatoms. The lowest BCUT2D eigenvalue weighted by Crippen LogP contribution is -2.28. The molecule has 0 aliphatic heterocycles. The van der Waals surface area contributed by atoms with Crippen molar-refractivity contribution in [3.63, 3.8) is 0 Å². The summed E-state index contributed by atoms with van der Waals surface area (Å²) in [4.78, 5) is 16.7. The van der Waals surface area contributed by atoms with Gasteiger partial charge in [-0.1, -0.05) is 30.7 Å². The first-order chi connectivity index (χ1) is 12.2. The van der Waals surface area contributed by atoms with Crippen molar-refractivity contribution in [1.29, 1.82) is 0 Å². The Balaban J connectivity index is 1.22. The minimum atomic E-state index is 0.243. The largest absolute Gasteiger partial charge is 0.356 e. The molecule has 1 N–H and O–H groups in total. The number of rotatable bonds is 6. The molecule has 2 saturated carbocycles. The molecule has 1 amide bonds. The van der Waals surface area contributed by atoms with Gasteiger partial charge < -0.3 is 5.32 Å². The molecule has 132 valence electrons. The maximum absolute atomic E-state index is 12.2. The van der Waals surface area contributed by atoms with E-state index in [1.54, 1.807) is 11.3 Å². The molecule has 1 aromatic heterocycles. The van der Waals surface area contributed by atoms with Crippen LogP contribution in [0.3, 0.4) is 0 Å². The maximum Gasteiger partial charge on any atom is 0.220 e. The lowest BCUT2D eigenvalue weighted by atomic mass is 9.86. The molecule has 2 aliphatic rings. The Bertz CT molecular complexity index is 737. The highest BCUT2D eigenvalue weighted by Gasteiger charge is 2.39. The fraction of sp³-hybridized carbons (Fsp3) is 0.524. The summed E-state index contributed by atoms with van der Waals surface area (Å²) in [5.41, 5.74) is 3.47. The molecule has 1 aromatic carbocycles. The molecular formula is C21H26N2OS. The van der Waals surface area contributed by atoms with Crippen molar-refractivity contribution in [2.24, 2.45) is 17.8 Å². The Hall–Kier alpha value is -1.68. The number of nitrogens with one attached hydrogen (secondary N) is 1. The summed E-state index contributed by atoms with van der Waals surface area (Å²) in [6.07, 6.45) is 7.05. The number of aromatic nitrogens is 1. The smallest absolute Gasteiger partial charge is 0.220 e. The van der Waals surface area contributed by atoms with Crippen molar-refractivity contribution in [1.82, 2.24) is 10.3 Å². The monoisotopic (exact) mass is 354 g/mol. The highest BCUT2D eigenvalue weighted by Crippen LogP contribution is 2.49. The molecule has 4 rings (SSSR count). The van der Waals surface area contributed by atoms with E-state index in [0.717, 1.165) is 47.5 Å². The quantitative estimate of drug-likeness (QED) is 0.823. The third kappa shape index (κ3) is 3.95. The van der Waals surface area contributed by atoms with Crippen molar-refractivity contribution in [2.75, 3.05) is 6.54 Å². The molecule has 3 nitrogen and oxygen atoms in total. The molecule has 25 heavy (non-hydrogen) atoms. The molecule has 0 radical (unpaired) electrons. The Morgan fingerprint density at radius 1 is 1.24 bits per heavy atom. The number of hydrogen-bond donors (Lipinski definition) is 1. The SMILES string of the molecule is Cc1nc(-c2ccc(CCNC(=O)CC3CC4CCC3C4)cc2)cs1. The minimum absolute atomic E-state index is 0.243. The van der Waals surface area contributed by atoms with Crippen molar-refractivity contribution in [3.8, 4) is 11.3 Å². The fourth-order valence-corrected chi connectivity index (χ4v) is 5.24. The number of fused-ring (bicyclic) bond motifs is 2. The lowest BCUT2D eigenvalue weighted by Gasteiger charge is -2.20. The van der Waals surface area contributed by atoms with Crippen LogP contribution < -0.4 is 5.32 Å². The van der Waals surface area contributed by atoms with Gasteiger partial charge in [0.25, 0.3) is 0 Å². The third-order valence-electron chi connectivity index (χ3n) is 5.94. The second kappa shape index (κ2) is 7.28. The van der Waals surface area contributed by atoms with Gasteiger partial charge in [-0.2, -0.15) is 0 Å². The molecule has 3 atom stereocenters. The number of thiazole rings is 1. The zero-order chi connectivity index (χ0) is 17.2. The number of hydrogen-bond acceptors (Lipinski definition) is 3. The van der Waals surface area contributed by atoms with E-state index in [0.29, 0.717) is 5.92 Å². The highest BCUT2D eigenvalue weighted by molar-refractivity contribution is 7.09. The summed E-state index contributed by atoms with van der Waals surface area (Å²) < 4.78 is 0. The first kappa shape index (κ1) is 16.8. The summed E-state index contributed by atoms with van der Waals surface area (Å²) in [6, 6.07) is 8.54. The van der Waals surface area contributed by atoms with Gasteiger partial charge in [0.2, 0.25) is 5.91 Å². The van der Waals surface area contributed by atoms with Crippen molar-refractivity contribution in [2.45, 2.75) is 45.4 Å². The van der Waals surface area contributed by atoms with E-state index in [4.69, 9.17) is 0 Å². The van der Waals surface area contributed by atoms with E-state index >= 15 is 0 Å². The lowest BCUT2D eigenvalue weighted by molar-refractivity contribution is -0.122. The van der Waals surface area contributed by atoms with E-state index in [2.05, 4.69) is 39.9 Å². The van der Waals surface area contributed by atoms with Crippen LogP contribution in [0.2, 0.25) is 0 Å². The van der Waals surface area contributed by atoms with Crippen LogP contribution in [0.15, 0.2) is 29.6 Å². The second-order valence-corrected chi connectivity index (χ2v) is 8.75. The van der Waals surface area contributed by atoms with Gasteiger partial charge in [0.1, 0.15) is 0 Å². The van der Waals surface area contributed by atoms with Gasteiger partial charge in [-0.3, -0.25) is 4.79 Å². The summed E-state index contributed by atoms with van der Waals surface area (Å²) in [5.74, 6) is 2.65. The van der Waals surface area contributed by atoms with Gasteiger partial charge in [0.05, 0.1) is 10.7 Å². The van der Waals surface area contributed by atoms with Crippen LogP contribution in [0.25, 0.3) is 11.3 Å². The van der Waals surface area contributed by atoms with E-state index < -0.39 is 0 Å². The number of nitrogens with zero attached hydrogens (tertiary/aromatic N) is 1. The molecule has 0 spiro atoms. The van der Waals surface area contributed by atoms with Crippen molar-refractivity contribution < 1.29 is 4.79 Å². The topological polar surface area (TPSA) is 42.0 Å². The summed E-state index contributed by atoms with van der Waals surface area (Å²) in [5, 5.41) is 6.31. The van der Waals surface area contributed by atoms with E-state index in [1.807, 2.05) is 6.92 Å². The van der Waals surface area contributed by atoms with Gasteiger partial charge >= 0.3 is 0 Å². The van der Waals surface area contributed by atoms with Crippen molar-refractivity contribution >= 4 is 17.2 Å². The molecule has 2 fully saturated rings. The van der Waals surface area contributed by atoms with Crippen LogP contribution in [0.5, 0.6) is 0 Å². The normalized spacial score (nSPS) is 24.6. The van der Waals surface area contributed by atoms with Gasteiger partial charge in [0, 0.05) is 23.9 Å². The molecule has 3 unspecified atom stereocenters. The van der Waals surface area contributed by atoms with Gasteiger partial charge in [-0.25, -0.2) is 4.98 Å². The molecular weight excluding hydrogens is 328 g/mol. The van der Waals surface area contributed by atoms with Crippen LogP contribution in [-0.4, -0.2) is 17.4 Å². The predicted octanol–water partition coefficient (Wildman–Crippen LogP) is 4.60. The Morgan fingerprint density at radius 3 is 2.72 bits per heavy atom. The second-order valence-electron chi connectivity index (χ2n) is 7.69. The summed E-state index contributed by atoms with van der Waals surface area (Å²) in [7, 11) is 0. The number of benzene rings is 1. The number of carbonyl (C=O) groups excluding carboxylic acids is 1. The van der Waals surface area contributed by atoms with Crippen LogP contribution in [-0.2, 0) is 11.2 Å². The van der Waals surface area contributed by atoms with E-state index in [9.17, 15) is 4.79 Å². The van der Waals surface area contributed by atoms with Crippen molar-refractivity contribution in [3.05, 3.63) is 40.2 Å². The third-order valence-corrected chi connectivity index (χ3v) is 6.71. The van der Waals surface area contributed by atoms with Gasteiger partial charge in [-0.15, -0.1) is 11.3 Å². The molecule has 2 aliphatic carbocycles. The predicted molar refractivity (Wildman–Crippen MR) is 103 cm³/mol. The Morgan fingerprint density at radius 2 is 2.08 bits per heavy atom. The van der Waals surface area contributed by atoms with Crippen LogP contribution in [0.4, 0.5) is 0 Å².